The molecule has 7 heteroatoms. The highest BCUT2D eigenvalue weighted by Crippen LogP contribution is 2.30. The Morgan fingerprint density at radius 1 is 1.45 bits per heavy atom. The van der Waals surface area contributed by atoms with Gasteiger partial charge in [-0.05, 0) is 47.5 Å². The first-order valence-corrected chi connectivity index (χ1v) is 7.04. The maximum absolute atomic E-state index is 12.3. The lowest BCUT2D eigenvalue weighted by molar-refractivity contribution is 0.101. The van der Waals surface area contributed by atoms with E-state index in [1.807, 2.05) is 13.0 Å². The van der Waals surface area contributed by atoms with Gasteiger partial charge in [-0.3, -0.25) is 9.48 Å². The zero-order valence-electron chi connectivity index (χ0n) is 11.3. The van der Waals surface area contributed by atoms with Gasteiger partial charge in [-0.25, -0.2) is 0 Å². The quantitative estimate of drug-likeness (QED) is 0.866. The summed E-state index contributed by atoms with van der Waals surface area (Å²) in [6, 6.07) is 3.54. The zero-order valence-corrected chi connectivity index (χ0v) is 13.6. The van der Waals surface area contributed by atoms with Gasteiger partial charge in [-0.1, -0.05) is 11.6 Å². The van der Waals surface area contributed by atoms with Crippen molar-refractivity contribution < 1.29 is 4.79 Å². The van der Waals surface area contributed by atoms with Crippen LogP contribution in [0.25, 0.3) is 0 Å². The standard InChI is InChI=1S/C13H14BrClN4O/c1-6-4-8(14)10(5-9(6)15)17-13(20)12-11(16)7(2)18-19(12)3/h4-5H,16H2,1-3H3,(H,17,20). The number of nitrogens with one attached hydrogen (secondary N) is 1. The number of halogens is 2. The van der Waals surface area contributed by atoms with Crippen molar-refractivity contribution in [3.8, 4) is 0 Å². The van der Waals surface area contributed by atoms with Crippen molar-refractivity contribution in [3.63, 3.8) is 0 Å². The van der Waals surface area contributed by atoms with Crippen molar-refractivity contribution >= 4 is 44.8 Å². The Morgan fingerprint density at radius 2 is 2.10 bits per heavy atom. The van der Waals surface area contributed by atoms with E-state index < -0.39 is 0 Å². The molecule has 106 valence electrons. The van der Waals surface area contributed by atoms with Crippen LogP contribution in [0.2, 0.25) is 5.02 Å². The smallest absolute Gasteiger partial charge is 0.276 e. The summed E-state index contributed by atoms with van der Waals surface area (Å²) in [4.78, 5) is 12.3. The number of aryl methyl sites for hydroxylation is 3. The molecule has 0 radical (unpaired) electrons. The maximum atomic E-state index is 12.3. The fourth-order valence-electron chi connectivity index (χ4n) is 1.87. The minimum atomic E-state index is -0.328. The molecule has 0 spiro atoms. The molecule has 1 aromatic heterocycles. The summed E-state index contributed by atoms with van der Waals surface area (Å²) in [5.41, 5.74) is 8.70. The lowest BCUT2D eigenvalue weighted by Gasteiger charge is -2.10. The van der Waals surface area contributed by atoms with Crippen LogP contribution in [0, 0.1) is 13.8 Å². The van der Waals surface area contributed by atoms with E-state index in [-0.39, 0.29) is 5.91 Å². The molecule has 1 aromatic carbocycles. The number of aromatic nitrogens is 2. The first-order chi connectivity index (χ1) is 9.31. The predicted molar refractivity (Wildman–Crippen MR) is 84.2 cm³/mol. The molecule has 5 nitrogen and oxygen atoms in total. The van der Waals surface area contributed by atoms with Gasteiger partial charge in [-0.15, -0.1) is 0 Å². The lowest BCUT2D eigenvalue weighted by Crippen LogP contribution is -2.18. The molecule has 0 bridgehead atoms. The minimum absolute atomic E-state index is 0.325. The fraction of sp³-hybridized carbons (Fsp3) is 0.231. The number of nitrogens with two attached hydrogens (primary N) is 1. The molecular formula is C13H14BrClN4O. The van der Waals surface area contributed by atoms with E-state index in [9.17, 15) is 4.79 Å². The van der Waals surface area contributed by atoms with Crippen LogP contribution in [0.5, 0.6) is 0 Å². The number of carbonyl (C=O) groups excluding carboxylic acids is 1. The average Bonchev–Trinajstić information content (AvgIpc) is 2.60. The molecule has 0 saturated carbocycles. The third-order valence-corrected chi connectivity index (χ3v) is 4.04. The molecule has 0 aliphatic carbocycles. The van der Waals surface area contributed by atoms with Crippen molar-refractivity contribution in [1.82, 2.24) is 9.78 Å². The first kappa shape index (κ1) is 14.9. The van der Waals surface area contributed by atoms with Crippen molar-refractivity contribution in [1.29, 1.82) is 0 Å². The summed E-state index contributed by atoms with van der Waals surface area (Å²) in [5.74, 6) is -0.328. The van der Waals surface area contributed by atoms with Crippen LogP contribution in [0.3, 0.4) is 0 Å². The van der Waals surface area contributed by atoms with Gasteiger partial charge >= 0.3 is 0 Å². The van der Waals surface area contributed by atoms with Crippen LogP contribution in [-0.4, -0.2) is 15.7 Å². The lowest BCUT2D eigenvalue weighted by atomic mass is 10.2. The van der Waals surface area contributed by atoms with E-state index >= 15 is 0 Å². The minimum Gasteiger partial charge on any atom is -0.395 e. The Balaban J connectivity index is 2.35. The van der Waals surface area contributed by atoms with Crippen LogP contribution < -0.4 is 11.1 Å². The zero-order chi connectivity index (χ0) is 15.0. The second-order valence-electron chi connectivity index (χ2n) is 4.51. The number of rotatable bonds is 2. The normalized spacial score (nSPS) is 10.7. The largest absolute Gasteiger partial charge is 0.395 e. The van der Waals surface area contributed by atoms with Crippen molar-refractivity contribution in [2.75, 3.05) is 11.1 Å². The molecule has 20 heavy (non-hydrogen) atoms. The molecule has 2 rings (SSSR count). The molecule has 0 unspecified atom stereocenters. The first-order valence-electron chi connectivity index (χ1n) is 5.87. The van der Waals surface area contributed by atoms with Gasteiger partial charge in [0.15, 0.2) is 0 Å². The van der Waals surface area contributed by atoms with Crippen LogP contribution in [0.1, 0.15) is 21.7 Å². The summed E-state index contributed by atoms with van der Waals surface area (Å²) in [7, 11) is 1.68. The van der Waals surface area contributed by atoms with Gasteiger partial charge < -0.3 is 11.1 Å². The third kappa shape index (κ3) is 2.66. The number of hydrogen-bond acceptors (Lipinski definition) is 3. The summed E-state index contributed by atoms with van der Waals surface area (Å²) in [6.45, 7) is 3.64. The summed E-state index contributed by atoms with van der Waals surface area (Å²) in [6.07, 6.45) is 0. The Kier molecular flexibility index (Phi) is 4.06. The summed E-state index contributed by atoms with van der Waals surface area (Å²) < 4.78 is 2.22. The van der Waals surface area contributed by atoms with E-state index in [1.54, 1.807) is 20.0 Å². The van der Waals surface area contributed by atoms with Crippen LogP contribution >= 0.6 is 27.5 Å². The van der Waals surface area contributed by atoms with E-state index in [4.69, 9.17) is 17.3 Å². The highest BCUT2D eigenvalue weighted by molar-refractivity contribution is 9.10. The summed E-state index contributed by atoms with van der Waals surface area (Å²) >= 11 is 9.47. The second kappa shape index (κ2) is 5.46. The molecule has 0 fully saturated rings. The molecular weight excluding hydrogens is 344 g/mol. The number of carbonyl (C=O) groups is 1. The molecule has 0 atom stereocenters. The average molecular weight is 358 g/mol. The molecule has 0 saturated heterocycles. The number of benzene rings is 1. The van der Waals surface area contributed by atoms with Crippen molar-refractivity contribution in [2.24, 2.45) is 7.05 Å². The Bertz CT molecular complexity index is 696. The van der Waals surface area contributed by atoms with E-state index in [2.05, 4.69) is 26.3 Å². The van der Waals surface area contributed by atoms with Gasteiger partial charge in [0.05, 0.1) is 17.1 Å². The fourth-order valence-corrected chi connectivity index (χ4v) is 2.59. The number of amides is 1. The number of nitrogens with zero attached hydrogens (tertiary/aromatic N) is 2. The third-order valence-electron chi connectivity index (χ3n) is 2.98. The SMILES string of the molecule is Cc1cc(Br)c(NC(=O)c2c(N)c(C)nn2C)cc1Cl. The summed E-state index contributed by atoms with van der Waals surface area (Å²) in [5, 5.41) is 7.48. The molecule has 0 aliphatic heterocycles. The molecule has 1 amide bonds. The van der Waals surface area contributed by atoms with Gasteiger partial charge in [0.2, 0.25) is 0 Å². The Hall–Kier alpha value is -1.53. The van der Waals surface area contributed by atoms with Crippen molar-refractivity contribution in [2.45, 2.75) is 13.8 Å². The van der Waals surface area contributed by atoms with Gasteiger partial charge in [0.25, 0.3) is 5.91 Å². The van der Waals surface area contributed by atoms with Gasteiger partial charge in [-0.2, -0.15) is 5.10 Å². The van der Waals surface area contributed by atoms with Crippen LogP contribution in [-0.2, 0) is 7.05 Å². The predicted octanol–water partition coefficient (Wildman–Crippen LogP) is 3.29. The maximum Gasteiger partial charge on any atom is 0.276 e. The topological polar surface area (TPSA) is 72.9 Å². The second-order valence-corrected chi connectivity index (χ2v) is 5.77. The highest BCUT2D eigenvalue weighted by atomic mass is 79.9. The molecule has 2 aromatic rings. The highest BCUT2D eigenvalue weighted by Gasteiger charge is 2.19. The Morgan fingerprint density at radius 3 is 2.65 bits per heavy atom. The number of nitrogen functional groups attached to an aromatic ring is 1. The van der Waals surface area contributed by atoms with Crippen LogP contribution in [0.4, 0.5) is 11.4 Å². The van der Waals surface area contributed by atoms with Crippen LogP contribution in [0.15, 0.2) is 16.6 Å². The van der Waals surface area contributed by atoms with E-state index in [0.29, 0.717) is 27.8 Å². The number of anilines is 2. The number of hydrogen-bond donors (Lipinski definition) is 2. The van der Waals surface area contributed by atoms with Crippen molar-refractivity contribution in [3.05, 3.63) is 38.6 Å². The molecule has 0 aliphatic rings. The van der Waals surface area contributed by atoms with E-state index in [1.165, 1.54) is 4.68 Å². The van der Waals surface area contributed by atoms with Gasteiger partial charge in [0.1, 0.15) is 5.69 Å². The Labute approximate surface area is 130 Å². The molecule has 1 heterocycles. The monoisotopic (exact) mass is 356 g/mol. The molecule has 3 N–H and O–H groups in total. The van der Waals surface area contributed by atoms with Gasteiger partial charge in [0, 0.05) is 16.5 Å². The van der Waals surface area contributed by atoms with E-state index in [0.717, 1.165) is 10.0 Å².